The molecular formula is C22H28N2O4. The molecule has 1 aliphatic carbocycles. The lowest BCUT2D eigenvalue weighted by molar-refractivity contribution is 0.202. The summed E-state index contributed by atoms with van der Waals surface area (Å²) in [6, 6.07) is 12.8. The molecule has 1 fully saturated rings. The van der Waals surface area contributed by atoms with Crippen molar-refractivity contribution in [3.05, 3.63) is 53.6 Å². The van der Waals surface area contributed by atoms with E-state index in [2.05, 4.69) is 5.32 Å². The molecule has 2 aromatic rings. The second-order valence-electron chi connectivity index (χ2n) is 7.15. The van der Waals surface area contributed by atoms with Crippen molar-refractivity contribution in [1.82, 2.24) is 10.2 Å². The molecule has 2 N–H and O–H groups in total. The Kier molecular flexibility index (Phi) is 6.63. The summed E-state index contributed by atoms with van der Waals surface area (Å²) < 4.78 is 11.2. The predicted octanol–water partition coefficient (Wildman–Crippen LogP) is 4.06. The fraction of sp³-hybridized carbons (Fsp3) is 0.409. The van der Waals surface area contributed by atoms with Crippen molar-refractivity contribution in [2.75, 3.05) is 14.2 Å². The average Bonchev–Trinajstić information content (AvgIpc) is 3.20. The van der Waals surface area contributed by atoms with Gasteiger partial charge in [-0.05, 0) is 49.4 Å². The van der Waals surface area contributed by atoms with E-state index in [1.807, 2.05) is 30.3 Å². The molecule has 0 aromatic heterocycles. The summed E-state index contributed by atoms with van der Waals surface area (Å²) >= 11 is 0. The number of hydrogen-bond donors (Lipinski definition) is 2. The molecule has 0 unspecified atom stereocenters. The van der Waals surface area contributed by atoms with Crippen molar-refractivity contribution >= 4 is 6.03 Å². The SMILES string of the molecule is COc1ccc(CN(C)C(=O)NCc2ccccc2OC2CCCC2)cc1O. The van der Waals surface area contributed by atoms with Gasteiger partial charge in [0, 0.05) is 25.7 Å². The van der Waals surface area contributed by atoms with Gasteiger partial charge in [-0.1, -0.05) is 24.3 Å². The maximum Gasteiger partial charge on any atom is 0.317 e. The Morgan fingerprint density at radius 1 is 1.18 bits per heavy atom. The molecule has 0 bridgehead atoms. The van der Waals surface area contributed by atoms with Gasteiger partial charge in [-0.3, -0.25) is 0 Å². The number of para-hydroxylation sites is 1. The minimum atomic E-state index is -0.189. The molecule has 2 amide bonds. The Hall–Kier alpha value is -2.89. The lowest BCUT2D eigenvalue weighted by Gasteiger charge is -2.20. The van der Waals surface area contributed by atoms with Crippen LogP contribution in [0.2, 0.25) is 0 Å². The van der Waals surface area contributed by atoms with E-state index in [1.165, 1.54) is 20.0 Å². The normalized spacial score (nSPS) is 13.9. The number of carbonyl (C=O) groups excluding carboxylic acids is 1. The third kappa shape index (κ3) is 5.09. The first-order valence-corrected chi connectivity index (χ1v) is 9.66. The fourth-order valence-electron chi connectivity index (χ4n) is 3.44. The van der Waals surface area contributed by atoms with Crippen molar-refractivity contribution in [3.8, 4) is 17.2 Å². The molecule has 2 aromatic carbocycles. The molecule has 6 heteroatoms. The third-order valence-electron chi connectivity index (χ3n) is 5.01. The number of ether oxygens (including phenoxy) is 2. The minimum absolute atomic E-state index is 0.0618. The van der Waals surface area contributed by atoms with E-state index < -0.39 is 0 Å². The van der Waals surface area contributed by atoms with Gasteiger partial charge in [-0.15, -0.1) is 0 Å². The van der Waals surface area contributed by atoms with Crippen LogP contribution in [0.5, 0.6) is 17.2 Å². The van der Waals surface area contributed by atoms with E-state index in [0.717, 1.165) is 29.7 Å². The quantitative estimate of drug-likeness (QED) is 0.755. The van der Waals surface area contributed by atoms with E-state index in [4.69, 9.17) is 9.47 Å². The van der Waals surface area contributed by atoms with E-state index in [1.54, 1.807) is 24.1 Å². The molecule has 3 rings (SSSR count). The number of hydrogen-bond acceptors (Lipinski definition) is 4. The molecule has 150 valence electrons. The fourth-order valence-corrected chi connectivity index (χ4v) is 3.44. The standard InChI is InChI=1S/C22H28N2O4/c1-24(15-16-11-12-21(27-2)19(25)13-16)22(26)23-14-17-7-3-6-10-20(17)28-18-8-4-5-9-18/h3,6-7,10-13,18,25H,4-5,8-9,14-15H2,1-2H3,(H,23,26). The van der Waals surface area contributed by atoms with Crippen LogP contribution in [0.4, 0.5) is 4.79 Å². The van der Waals surface area contributed by atoms with Gasteiger partial charge in [0.25, 0.3) is 0 Å². The van der Waals surface area contributed by atoms with Crippen molar-refractivity contribution in [1.29, 1.82) is 0 Å². The van der Waals surface area contributed by atoms with Gasteiger partial charge in [-0.2, -0.15) is 0 Å². The van der Waals surface area contributed by atoms with Gasteiger partial charge in [0.05, 0.1) is 13.2 Å². The first-order chi connectivity index (χ1) is 13.6. The first kappa shape index (κ1) is 19.9. The number of amides is 2. The molecule has 6 nitrogen and oxygen atoms in total. The van der Waals surface area contributed by atoms with Crippen LogP contribution in [0.25, 0.3) is 0 Å². The van der Waals surface area contributed by atoms with E-state index in [-0.39, 0.29) is 17.9 Å². The third-order valence-corrected chi connectivity index (χ3v) is 5.01. The van der Waals surface area contributed by atoms with Crippen LogP contribution in [0, 0.1) is 0 Å². The van der Waals surface area contributed by atoms with Gasteiger partial charge >= 0.3 is 6.03 Å². The first-order valence-electron chi connectivity index (χ1n) is 9.66. The van der Waals surface area contributed by atoms with Gasteiger partial charge < -0.3 is 24.8 Å². The highest BCUT2D eigenvalue weighted by atomic mass is 16.5. The van der Waals surface area contributed by atoms with Gasteiger partial charge in [0.15, 0.2) is 11.5 Å². The average molecular weight is 384 g/mol. The van der Waals surface area contributed by atoms with Crippen molar-refractivity contribution < 1.29 is 19.4 Å². The minimum Gasteiger partial charge on any atom is -0.504 e. The zero-order chi connectivity index (χ0) is 19.9. The Labute approximate surface area is 166 Å². The molecule has 1 aliphatic rings. The summed E-state index contributed by atoms with van der Waals surface area (Å²) in [7, 11) is 3.22. The number of phenols is 1. The van der Waals surface area contributed by atoms with Crippen LogP contribution >= 0.6 is 0 Å². The van der Waals surface area contributed by atoms with Crippen LogP contribution in [0.15, 0.2) is 42.5 Å². The van der Waals surface area contributed by atoms with Crippen molar-refractivity contribution in [3.63, 3.8) is 0 Å². The number of nitrogens with zero attached hydrogens (tertiary/aromatic N) is 1. The van der Waals surface area contributed by atoms with Crippen LogP contribution in [-0.4, -0.2) is 36.3 Å². The Balaban J connectivity index is 1.55. The van der Waals surface area contributed by atoms with Gasteiger partial charge in [-0.25, -0.2) is 4.79 Å². The highest BCUT2D eigenvalue weighted by Gasteiger charge is 2.18. The summed E-state index contributed by atoms with van der Waals surface area (Å²) in [4.78, 5) is 14.0. The van der Waals surface area contributed by atoms with E-state index in [0.29, 0.717) is 18.8 Å². The zero-order valence-electron chi connectivity index (χ0n) is 16.5. The number of carbonyl (C=O) groups is 1. The summed E-state index contributed by atoms with van der Waals surface area (Å²) in [5.74, 6) is 1.32. The monoisotopic (exact) mass is 384 g/mol. The lowest BCUT2D eigenvalue weighted by atomic mass is 10.2. The summed E-state index contributed by atoms with van der Waals surface area (Å²) in [5.41, 5.74) is 1.79. The largest absolute Gasteiger partial charge is 0.504 e. The highest BCUT2D eigenvalue weighted by Crippen LogP contribution is 2.27. The van der Waals surface area contributed by atoms with Crippen LogP contribution in [-0.2, 0) is 13.1 Å². The molecule has 0 saturated heterocycles. The molecule has 0 heterocycles. The number of nitrogens with one attached hydrogen (secondary N) is 1. The Morgan fingerprint density at radius 3 is 2.64 bits per heavy atom. The van der Waals surface area contributed by atoms with Crippen LogP contribution in [0.1, 0.15) is 36.8 Å². The second kappa shape index (κ2) is 9.35. The summed E-state index contributed by atoms with van der Waals surface area (Å²) in [6.45, 7) is 0.781. The topological polar surface area (TPSA) is 71.0 Å². The number of rotatable bonds is 7. The Bertz CT molecular complexity index is 803. The van der Waals surface area contributed by atoms with Gasteiger partial charge in [0.1, 0.15) is 5.75 Å². The number of phenolic OH excluding ortho intramolecular Hbond substituents is 1. The maximum absolute atomic E-state index is 12.5. The number of methoxy groups -OCH3 is 1. The molecule has 0 spiro atoms. The number of urea groups is 1. The van der Waals surface area contributed by atoms with Gasteiger partial charge in [0.2, 0.25) is 0 Å². The lowest BCUT2D eigenvalue weighted by Crippen LogP contribution is -2.36. The van der Waals surface area contributed by atoms with Crippen molar-refractivity contribution in [2.45, 2.75) is 44.9 Å². The molecule has 28 heavy (non-hydrogen) atoms. The van der Waals surface area contributed by atoms with E-state index >= 15 is 0 Å². The van der Waals surface area contributed by atoms with E-state index in [9.17, 15) is 9.90 Å². The molecular weight excluding hydrogens is 356 g/mol. The molecule has 1 saturated carbocycles. The van der Waals surface area contributed by atoms with Crippen LogP contribution in [0.3, 0.4) is 0 Å². The summed E-state index contributed by atoms with van der Waals surface area (Å²) in [6.07, 6.45) is 4.91. The number of benzene rings is 2. The smallest absolute Gasteiger partial charge is 0.317 e. The molecule has 0 atom stereocenters. The summed E-state index contributed by atoms with van der Waals surface area (Å²) in [5, 5.41) is 12.8. The molecule has 0 aliphatic heterocycles. The number of aromatic hydroxyl groups is 1. The zero-order valence-corrected chi connectivity index (χ0v) is 16.5. The molecule has 0 radical (unpaired) electrons. The van der Waals surface area contributed by atoms with Crippen LogP contribution < -0.4 is 14.8 Å². The second-order valence-corrected chi connectivity index (χ2v) is 7.15. The maximum atomic E-state index is 12.5. The highest BCUT2D eigenvalue weighted by molar-refractivity contribution is 5.74. The Morgan fingerprint density at radius 2 is 1.93 bits per heavy atom. The van der Waals surface area contributed by atoms with Crippen molar-refractivity contribution in [2.24, 2.45) is 0 Å². The predicted molar refractivity (Wildman–Crippen MR) is 108 cm³/mol.